The maximum Gasteiger partial charge on any atom is 0.245 e. The van der Waals surface area contributed by atoms with Crippen LogP contribution in [-0.2, 0) is 14.8 Å². The first-order valence-electron chi connectivity index (χ1n) is 8.78. The van der Waals surface area contributed by atoms with Crippen molar-refractivity contribution in [2.45, 2.75) is 9.79 Å². The van der Waals surface area contributed by atoms with Crippen LogP contribution in [0, 0.1) is 0 Å². The smallest absolute Gasteiger partial charge is 0.245 e. The molecule has 5 nitrogen and oxygen atoms in total. The highest BCUT2D eigenvalue weighted by Crippen LogP contribution is 2.33. The van der Waals surface area contributed by atoms with Crippen LogP contribution in [0.25, 0.3) is 0 Å². The zero-order chi connectivity index (χ0) is 21.7. The Labute approximate surface area is 190 Å². The lowest BCUT2D eigenvalue weighted by Gasteiger charge is -2.22. The van der Waals surface area contributed by atoms with Crippen molar-refractivity contribution in [1.82, 2.24) is 0 Å². The number of para-hydroxylation sites is 1. The Morgan fingerprint density at radius 2 is 1.57 bits per heavy atom. The van der Waals surface area contributed by atoms with Gasteiger partial charge in [-0.1, -0.05) is 65.3 Å². The van der Waals surface area contributed by atoms with E-state index in [9.17, 15) is 13.2 Å². The Morgan fingerprint density at radius 1 is 0.967 bits per heavy atom. The third-order valence-corrected chi connectivity index (χ3v) is 6.62. The molecule has 0 spiro atoms. The largest absolute Gasteiger partial charge is 0.323 e. The molecule has 0 saturated carbocycles. The fourth-order valence-electron chi connectivity index (χ4n) is 2.68. The predicted octanol–water partition coefficient (Wildman–Crippen LogP) is 5.55. The van der Waals surface area contributed by atoms with E-state index in [1.165, 1.54) is 30.0 Å². The number of carbonyl (C=O) groups is 1. The van der Waals surface area contributed by atoms with Crippen molar-refractivity contribution in [3.8, 4) is 0 Å². The number of carbonyl (C=O) groups excluding carboxylic acids is 1. The summed E-state index contributed by atoms with van der Waals surface area (Å²) in [6.07, 6.45) is 1.02. The van der Waals surface area contributed by atoms with E-state index in [1.807, 2.05) is 42.5 Å². The SMILES string of the molecule is CS(=O)(=O)N(CC(=O)Nc1ccccc1Sc1ccccc1)c1cc(Cl)cc(Cl)c1. The Morgan fingerprint density at radius 3 is 2.20 bits per heavy atom. The highest BCUT2D eigenvalue weighted by Gasteiger charge is 2.22. The van der Waals surface area contributed by atoms with Crippen molar-refractivity contribution in [1.29, 1.82) is 0 Å². The number of sulfonamides is 1. The molecule has 0 atom stereocenters. The van der Waals surface area contributed by atoms with Crippen LogP contribution in [0.4, 0.5) is 11.4 Å². The maximum atomic E-state index is 12.7. The summed E-state index contributed by atoms with van der Waals surface area (Å²) in [5.41, 5.74) is 0.811. The van der Waals surface area contributed by atoms with Crippen molar-refractivity contribution < 1.29 is 13.2 Å². The van der Waals surface area contributed by atoms with Gasteiger partial charge in [-0.2, -0.15) is 0 Å². The second kappa shape index (κ2) is 9.75. The molecule has 3 aromatic rings. The summed E-state index contributed by atoms with van der Waals surface area (Å²) in [7, 11) is -3.75. The van der Waals surface area contributed by atoms with Gasteiger partial charge in [0.15, 0.2) is 0 Å². The Hall–Kier alpha value is -2.19. The zero-order valence-corrected chi connectivity index (χ0v) is 19.0. The van der Waals surface area contributed by atoms with Gasteiger partial charge >= 0.3 is 0 Å². The fourth-order valence-corrected chi connectivity index (χ4v) is 4.96. The number of hydrogen-bond acceptors (Lipinski definition) is 4. The van der Waals surface area contributed by atoms with Crippen molar-refractivity contribution in [2.75, 3.05) is 22.4 Å². The van der Waals surface area contributed by atoms with Gasteiger partial charge in [0.05, 0.1) is 17.6 Å². The van der Waals surface area contributed by atoms with Gasteiger partial charge in [0.25, 0.3) is 0 Å². The summed E-state index contributed by atoms with van der Waals surface area (Å²) in [6.45, 7) is -0.417. The minimum absolute atomic E-state index is 0.220. The zero-order valence-electron chi connectivity index (χ0n) is 15.9. The van der Waals surface area contributed by atoms with Gasteiger partial charge in [-0.05, 0) is 42.5 Å². The Kier molecular flexibility index (Phi) is 7.31. The number of rotatable bonds is 7. The molecule has 0 saturated heterocycles. The third kappa shape index (κ3) is 6.15. The Balaban J connectivity index is 1.81. The van der Waals surface area contributed by atoms with Gasteiger partial charge in [-0.15, -0.1) is 0 Å². The van der Waals surface area contributed by atoms with Crippen molar-refractivity contribution in [2.24, 2.45) is 0 Å². The summed E-state index contributed by atoms with van der Waals surface area (Å²) < 4.78 is 25.6. The lowest BCUT2D eigenvalue weighted by Crippen LogP contribution is -2.37. The molecule has 0 aliphatic rings. The van der Waals surface area contributed by atoms with Gasteiger partial charge in [-0.25, -0.2) is 8.42 Å². The number of benzene rings is 3. The molecular formula is C21H18Cl2N2O3S2. The van der Waals surface area contributed by atoms with Crippen LogP contribution in [0.2, 0.25) is 10.0 Å². The highest BCUT2D eigenvalue weighted by atomic mass is 35.5. The standard InChI is InChI=1S/C21H18Cl2N2O3S2/c1-30(27,28)25(17-12-15(22)11-16(23)13-17)14-21(26)24-19-9-5-6-10-20(19)29-18-7-3-2-4-8-18/h2-13H,14H2,1H3,(H,24,26). The minimum atomic E-state index is -3.75. The number of nitrogens with one attached hydrogen (secondary N) is 1. The van der Waals surface area contributed by atoms with E-state index in [0.29, 0.717) is 5.69 Å². The quantitative estimate of drug-likeness (QED) is 0.481. The molecule has 9 heteroatoms. The number of anilines is 2. The molecule has 3 aromatic carbocycles. The van der Waals surface area contributed by atoms with Crippen LogP contribution in [0.1, 0.15) is 0 Å². The number of amides is 1. The molecule has 0 radical (unpaired) electrons. The van der Waals surface area contributed by atoms with E-state index in [1.54, 1.807) is 12.1 Å². The topological polar surface area (TPSA) is 66.5 Å². The lowest BCUT2D eigenvalue weighted by molar-refractivity contribution is -0.114. The maximum absolute atomic E-state index is 12.7. The summed E-state index contributed by atoms with van der Waals surface area (Å²) in [6, 6.07) is 21.4. The molecule has 3 rings (SSSR count). The van der Waals surface area contributed by atoms with E-state index >= 15 is 0 Å². The molecule has 30 heavy (non-hydrogen) atoms. The first-order chi connectivity index (χ1) is 14.2. The van der Waals surface area contributed by atoms with Gasteiger partial charge in [0.1, 0.15) is 6.54 Å². The summed E-state index contributed by atoms with van der Waals surface area (Å²) in [5.74, 6) is -0.488. The van der Waals surface area contributed by atoms with Crippen LogP contribution < -0.4 is 9.62 Å². The van der Waals surface area contributed by atoms with E-state index in [-0.39, 0.29) is 15.7 Å². The van der Waals surface area contributed by atoms with Crippen LogP contribution >= 0.6 is 35.0 Å². The lowest BCUT2D eigenvalue weighted by atomic mass is 10.3. The van der Waals surface area contributed by atoms with Crippen molar-refractivity contribution in [3.63, 3.8) is 0 Å². The van der Waals surface area contributed by atoms with Gasteiger partial charge < -0.3 is 5.32 Å². The average molecular weight is 481 g/mol. The van der Waals surface area contributed by atoms with Crippen molar-refractivity contribution in [3.05, 3.63) is 82.8 Å². The van der Waals surface area contributed by atoms with Gasteiger partial charge in [0.2, 0.25) is 15.9 Å². The normalized spacial score (nSPS) is 11.2. The molecular weight excluding hydrogens is 463 g/mol. The second-order valence-electron chi connectivity index (χ2n) is 6.36. The molecule has 1 amide bonds. The first kappa shape index (κ1) is 22.5. The second-order valence-corrected chi connectivity index (χ2v) is 10.3. The monoisotopic (exact) mass is 480 g/mol. The molecule has 0 unspecified atom stereocenters. The van der Waals surface area contributed by atoms with Crippen molar-refractivity contribution >= 4 is 62.3 Å². The van der Waals surface area contributed by atoms with E-state index in [0.717, 1.165) is 20.4 Å². The summed E-state index contributed by atoms with van der Waals surface area (Å²) in [5, 5.41) is 3.35. The molecule has 0 bridgehead atoms. The molecule has 0 fully saturated rings. The van der Waals surface area contributed by atoms with Crippen LogP contribution in [0.3, 0.4) is 0 Å². The molecule has 0 aliphatic heterocycles. The average Bonchev–Trinajstić information content (AvgIpc) is 2.67. The molecule has 0 heterocycles. The van der Waals surface area contributed by atoms with Crippen LogP contribution in [0.15, 0.2) is 82.6 Å². The van der Waals surface area contributed by atoms with Crippen LogP contribution in [0.5, 0.6) is 0 Å². The molecule has 0 aliphatic carbocycles. The first-order valence-corrected chi connectivity index (χ1v) is 12.2. The van der Waals surface area contributed by atoms with E-state index in [2.05, 4.69) is 5.32 Å². The third-order valence-electron chi connectivity index (χ3n) is 3.96. The van der Waals surface area contributed by atoms with Gasteiger partial charge in [-0.3, -0.25) is 9.10 Å². The number of hydrogen-bond donors (Lipinski definition) is 1. The predicted molar refractivity (Wildman–Crippen MR) is 124 cm³/mol. The number of halogens is 2. The molecule has 1 N–H and O–H groups in total. The fraction of sp³-hybridized carbons (Fsp3) is 0.0952. The molecule has 0 aromatic heterocycles. The number of nitrogens with zero attached hydrogens (tertiary/aromatic N) is 1. The highest BCUT2D eigenvalue weighted by molar-refractivity contribution is 7.99. The summed E-state index contributed by atoms with van der Waals surface area (Å²) in [4.78, 5) is 14.6. The van der Waals surface area contributed by atoms with Crippen LogP contribution in [-0.4, -0.2) is 27.1 Å². The minimum Gasteiger partial charge on any atom is -0.323 e. The summed E-state index contributed by atoms with van der Waals surface area (Å²) >= 11 is 13.5. The van der Waals surface area contributed by atoms with Gasteiger partial charge in [0, 0.05) is 19.8 Å². The Bertz CT molecular complexity index is 1140. The van der Waals surface area contributed by atoms with E-state index in [4.69, 9.17) is 23.2 Å². The van der Waals surface area contributed by atoms with E-state index < -0.39 is 22.5 Å². The molecule has 156 valence electrons.